The highest BCUT2D eigenvalue weighted by molar-refractivity contribution is 7.13. The molecule has 0 bridgehead atoms. The first-order valence-corrected chi connectivity index (χ1v) is 6.50. The summed E-state index contributed by atoms with van der Waals surface area (Å²) in [4.78, 5) is 9.53. The van der Waals surface area contributed by atoms with Crippen LogP contribution in [0.4, 0.5) is 0 Å². The van der Waals surface area contributed by atoms with Gasteiger partial charge >= 0.3 is 0 Å². The lowest BCUT2D eigenvalue weighted by atomic mass is 10.1. The maximum Gasteiger partial charge on any atom is 0.172 e. The minimum absolute atomic E-state index is 0.220. The number of nitrogens with zero attached hydrogens (tertiary/aromatic N) is 2. The van der Waals surface area contributed by atoms with Crippen molar-refractivity contribution < 1.29 is 0 Å². The summed E-state index contributed by atoms with van der Waals surface area (Å²) >= 11 is 13.8. The van der Waals surface area contributed by atoms with Gasteiger partial charge in [0.25, 0.3) is 0 Å². The second-order valence-corrected chi connectivity index (χ2v) is 5.34. The molecule has 0 aliphatic rings. The quantitative estimate of drug-likeness (QED) is 0.745. The van der Waals surface area contributed by atoms with E-state index in [1.807, 2.05) is 31.4 Å². The zero-order valence-electron chi connectivity index (χ0n) is 8.87. The van der Waals surface area contributed by atoms with Gasteiger partial charge in [0.05, 0.1) is 4.88 Å². The van der Waals surface area contributed by atoms with Gasteiger partial charge in [-0.1, -0.05) is 43.1 Å². The number of hydrogen-bond donors (Lipinski definition) is 0. The van der Waals surface area contributed by atoms with Crippen LogP contribution in [0.5, 0.6) is 0 Å². The summed E-state index contributed by atoms with van der Waals surface area (Å²) in [7, 11) is 0. The summed E-state index contributed by atoms with van der Waals surface area (Å²) in [6, 6.07) is 3.89. The Balaban J connectivity index is 2.53. The number of thiophene rings is 1. The predicted molar refractivity (Wildman–Crippen MR) is 69.5 cm³/mol. The van der Waals surface area contributed by atoms with Crippen molar-refractivity contribution in [1.82, 2.24) is 9.97 Å². The smallest absolute Gasteiger partial charge is 0.172 e. The predicted octanol–water partition coefficient (Wildman–Crippen LogP) is 4.64. The first-order chi connectivity index (χ1) is 7.59. The van der Waals surface area contributed by atoms with Crippen LogP contribution >= 0.6 is 34.5 Å². The SMILES string of the molecule is CC(C)c1c(Cl)nc(-c2cccs2)nc1Cl. The number of halogens is 2. The summed E-state index contributed by atoms with van der Waals surface area (Å²) in [6.07, 6.45) is 0. The molecule has 0 spiro atoms. The van der Waals surface area contributed by atoms with E-state index >= 15 is 0 Å². The number of hydrogen-bond acceptors (Lipinski definition) is 3. The molecule has 2 heterocycles. The maximum absolute atomic E-state index is 6.12. The Morgan fingerprint density at radius 2 is 1.81 bits per heavy atom. The molecule has 0 fully saturated rings. The second kappa shape index (κ2) is 4.70. The van der Waals surface area contributed by atoms with Gasteiger partial charge < -0.3 is 0 Å². The lowest BCUT2D eigenvalue weighted by molar-refractivity contribution is 0.848. The molecular weight excluding hydrogens is 263 g/mol. The molecule has 0 N–H and O–H groups in total. The molecule has 0 radical (unpaired) electrons. The van der Waals surface area contributed by atoms with Crippen molar-refractivity contribution in [3.63, 3.8) is 0 Å². The van der Waals surface area contributed by atoms with Gasteiger partial charge in [-0.2, -0.15) is 0 Å². The highest BCUT2D eigenvalue weighted by Gasteiger charge is 2.15. The molecule has 2 aromatic rings. The first-order valence-electron chi connectivity index (χ1n) is 4.86. The Hall–Kier alpha value is -0.640. The Morgan fingerprint density at radius 1 is 1.19 bits per heavy atom. The average Bonchev–Trinajstić information content (AvgIpc) is 2.67. The largest absolute Gasteiger partial charge is 0.215 e. The third kappa shape index (κ3) is 2.21. The Kier molecular flexibility index (Phi) is 3.47. The van der Waals surface area contributed by atoms with Crippen LogP contribution in [0.15, 0.2) is 17.5 Å². The third-order valence-corrected chi connectivity index (χ3v) is 3.61. The van der Waals surface area contributed by atoms with Crippen LogP contribution in [0.1, 0.15) is 25.3 Å². The molecule has 0 atom stereocenters. The molecule has 0 saturated heterocycles. The van der Waals surface area contributed by atoms with Crippen molar-refractivity contribution in [2.45, 2.75) is 19.8 Å². The fraction of sp³-hybridized carbons (Fsp3) is 0.273. The van der Waals surface area contributed by atoms with E-state index in [1.165, 1.54) is 0 Å². The van der Waals surface area contributed by atoms with Crippen LogP contribution < -0.4 is 0 Å². The van der Waals surface area contributed by atoms with Gasteiger partial charge in [-0.15, -0.1) is 11.3 Å². The normalized spacial score (nSPS) is 11.1. The molecule has 0 saturated carbocycles. The third-order valence-electron chi connectivity index (χ3n) is 2.17. The summed E-state index contributed by atoms with van der Waals surface area (Å²) in [5, 5.41) is 2.86. The molecule has 0 unspecified atom stereocenters. The van der Waals surface area contributed by atoms with Crippen LogP contribution in [0.2, 0.25) is 10.3 Å². The topological polar surface area (TPSA) is 25.8 Å². The molecule has 5 heteroatoms. The lowest BCUT2D eigenvalue weighted by Gasteiger charge is -2.10. The van der Waals surface area contributed by atoms with E-state index in [2.05, 4.69) is 9.97 Å². The Morgan fingerprint density at radius 3 is 2.25 bits per heavy atom. The summed E-state index contributed by atoms with van der Waals surface area (Å²) in [6.45, 7) is 4.03. The highest BCUT2D eigenvalue weighted by Crippen LogP contribution is 2.32. The fourth-order valence-corrected chi connectivity index (χ4v) is 2.89. The monoisotopic (exact) mass is 272 g/mol. The molecule has 0 amide bonds. The van der Waals surface area contributed by atoms with Gasteiger partial charge in [0.1, 0.15) is 10.3 Å². The molecular formula is C11H10Cl2N2S. The summed E-state index contributed by atoms with van der Waals surface area (Å²) in [5.74, 6) is 0.812. The minimum Gasteiger partial charge on any atom is -0.215 e. The molecule has 2 aromatic heterocycles. The van der Waals surface area contributed by atoms with E-state index in [-0.39, 0.29) is 5.92 Å². The van der Waals surface area contributed by atoms with Crippen LogP contribution in [0, 0.1) is 0 Å². The first kappa shape index (κ1) is 11.8. The van der Waals surface area contributed by atoms with Gasteiger partial charge in [-0.3, -0.25) is 0 Å². The molecule has 0 aromatic carbocycles. The van der Waals surface area contributed by atoms with Crippen molar-refractivity contribution in [2.24, 2.45) is 0 Å². The maximum atomic E-state index is 6.12. The van der Waals surface area contributed by atoms with E-state index in [0.29, 0.717) is 16.1 Å². The van der Waals surface area contributed by atoms with E-state index in [9.17, 15) is 0 Å². The molecule has 2 nitrogen and oxygen atoms in total. The van der Waals surface area contributed by atoms with Crippen LogP contribution in [0.3, 0.4) is 0 Å². The summed E-state index contributed by atoms with van der Waals surface area (Å²) < 4.78 is 0. The van der Waals surface area contributed by atoms with Gasteiger partial charge in [-0.25, -0.2) is 9.97 Å². The average molecular weight is 273 g/mol. The molecule has 16 heavy (non-hydrogen) atoms. The summed E-state index contributed by atoms with van der Waals surface area (Å²) in [5.41, 5.74) is 0.809. The Labute approximate surface area is 108 Å². The van der Waals surface area contributed by atoms with Gasteiger partial charge in [-0.05, 0) is 17.4 Å². The van der Waals surface area contributed by atoms with Crippen LogP contribution in [-0.4, -0.2) is 9.97 Å². The Bertz CT molecular complexity index is 472. The lowest BCUT2D eigenvalue weighted by Crippen LogP contribution is -1.98. The minimum atomic E-state index is 0.220. The van der Waals surface area contributed by atoms with Gasteiger partial charge in [0.2, 0.25) is 0 Å². The molecule has 0 aliphatic heterocycles. The molecule has 0 aliphatic carbocycles. The van der Waals surface area contributed by atoms with Gasteiger partial charge in [0, 0.05) is 5.56 Å². The standard InChI is InChI=1S/C11H10Cl2N2S/c1-6(2)8-9(12)14-11(15-10(8)13)7-4-3-5-16-7/h3-6H,1-2H3. The van der Waals surface area contributed by atoms with Crippen LogP contribution in [-0.2, 0) is 0 Å². The van der Waals surface area contributed by atoms with Gasteiger partial charge in [0.15, 0.2) is 5.82 Å². The van der Waals surface area contributed by atoms with Crippen molar-refractivity contribution in [1.29, 1.82) is 0 Å². The van der Waals surface area contributed by atoms with Crippen LogP contribution in [0.25, 0.3) is 10.7 Å². The molecule has 2 rings (SSSR count). The second-order valence-electron chi connectivity index (χ2n) is 3.67. The van der Waals surface area contributed by atoms with E-state index in [1.54, 1.807) is 11.3 Å². The zero-order valence-corrected chi connectivity index (χ0v) is 11.2. The van der Waals surface area contributed by atoms with E-state index in [4.69, 9.17) is 23.2 Å². The van der Waals surface area contributed by atoms with Crippen molar-refractivity contribution in [3.05, 3.63) is 33.4 Å². The van der Waals surface area contributed by atoms with Crippen molar-refractivity contribution in [2.75, 3.05) is 0 Å². The number of rotatable bonds is 2. The van der Waals surface area contributed by atoms with E-state index in [0.717, 1.165) is 10.4 Å². The number of aromatic nitrogens is 2. The molecule has 84 valence electrons. The highest BCUT2D eigenvalue weighted by atomic mass is 35.5. The van der Waals surface area contributed by atoms with Crippen molar-refractivity contribution in [3.8, 4) is 10.7 Å². The van der Waals surface area contributed by atoms with Crippen molar-refractivity contribution >= 4 is 34.5 Å². The van der Waals surface area contributed by atoms with E-state index < -0.39 is 0 Å². The fourth-order valence-electron chi connectivity index (χ4n) is 1.41. The zero-order chi connectivity index (χ0) is 11.7.